The van der Waals surface area contributed by atoms with E-state index in [9.17, 15) is 14.0 Å². The summed E-state index contributed by atoms with van der Waals surface area (Å²) in [6.45, 7) is 1.86. The Kier molecular flexibility index (Phi) is 4.87. The number of carbonyl (C=O) groups is 2. The molecule has 0 radical (unpaired) electrons. The zero-order valence-electron chi connectivity index (χ0n) is 15.5. The highest BCUT2D eigenvalue weighted by molar-refractivity contribution is 7.18. The van der Waals surface area contributed by atoms with Gasteiger partial charge in [0.2, 0.25) is 5.91 Å². The minimum atomic E-state index is -0.376. The van der Waals surface area contributed by atoms with Crippen molar-refractivity contribution in [2.45, 2.75) is 19.3 Å². The monoisotopic (exact) mass is 405 g/mol. The van der Waals surface area contributed by atoms with Gasteiger partial charge in [0.05, 0.1) is 21.5 Å². The van der Waals surface area contributed by atoms with Gasteiger partial charge >= 0.3 is 0 Å². The summed E-state index contributed by atoms with van der Waals surface area (Å²) in [5.41, 5.74) is 3.69. The van der Waals surface area contributed by atoms with Crippen LogP contribution in [-0.4, -0.2) is 11.8 Å². The zero-order valence-corrected chi connectivity index (χ0v) is 16.3. The van der Waals surface area contributed by atoms with Crippen LogP contribution in [0, 0.1) is 24.1 Å². The van der Waals surface area contributed by atoms with Crippen LogP contribution < -0.4 is 10.6 Å². The van der Waals surface area contributed by atoms with Crippen molar-refractivity contribution in [1.82, 2.24) is 0 Å². The molecule has 2 heterocycles. The highest BCUT2D eigenvalue weighted by atomic mass is 32.1. The smallest absolute Gasteiger partial charge is 0.266 e. The molecule has 5 nitrogen and oxygen atoms in total. The molecule has 4 rings (SSSR count). The third-order valence-corrected chi connectivity index (χ3v) is 6.16. The van der Waals surface area contributed by atoms with E-state index in [0.717, 1.165) is 16.7 Å². The molecule has 0 saturated carbocycles. The summed E-state index contributed by atoms with van der Waals surface area (Å²) >= 11 is 1.23. The second-order valence-electron chi connectivity index (χ2n) is 6.80. The van der Waals surface area contributed by atoms with E-state index in [0.29, 0.717) is 21.1 Å². The van der Waals surface area contributed by atoms with E-state index in [2.05, 4.69) is 16.7 Å². The lowest BCUT2D eigenvalue weighted by molar-refractivity contribution is -0.116. The second kappa shape index (κ2) is 7.49. The van der Waals surface area contributed by atoms with Gasteiger partial charge in [0.1, 0.15) is 5.82 Å². The molecule has 0 aliphatic carbocycles. The number of halogens is 1. The first-order valence-electron chi connectivity index (χ1n) is 8.96. The van der Waals surface area contributed by atoms with Crippen LogP contribution in [0.1, 0.15) is 44.3 Å². The third-order valence-electron chi connectivity index (χ3n) is 4.93. The van der Waals surface area contributed by atoms with E-state index in [1.807, 2.05) is 19.1 Å². The maximum Gasteiger partial charge on any atom is 0.266 e. The average Bonchev–Trinajstić information content (AvgIpc) is 3.05. The molecule has 1 atom stereocenters. The van der Waals surface area contributed by atoms with E-state index < -0.39 is 0 Å². The maximum atomic E-state index is 13.1. The Labute approximate surface area is 170 Å². The lowest BCUT2D eigenvalue weighted by atomic mass is 9.84. The van der Waals surface area contributed by atoms with E-state index in [-0.39, 0.29) is 30.0 Å². The molecule has 1 aliphatic heterocycles. The Hall–Kier alpha value is -3.50. The predicted molar refractivity (Wildman–Crippen MR) is 110 cm³/mol. The fourth-order valence-corrected chi connectivity index (χ4v) is 4.70. The van der Waals surface area contributed by atoms with Gasteiger partial charge < -0.3 is 10.6 Å². The zero-order chi connectivity index (χ0) is 20.5. The summed E-state index contributed by atoms with van der Waals surface area (Å²) in [4.78, 5) is 25.6. The molecule has 1 aliphatic rings. The summed E-state index contributed by atoms with van der Waals surface area (Å²) < 4.78 is 13.1. The molecule has 0 unspecified atom stereocenters. The van der Waals surface area contributed by atoms with Crippen molar-refractivity contribution in [3.05, 3.63) is 81.5 Å². The SMILES string of the molecule is Cc1c(C(=O)Nc2ccc(F)cc2)sc2c1[C@H](c1ccc(C#N)cc1)CC(=O)N2. The lowest BCUT2D eigenvalue weighted by Gasteiger charge is -2.24. The Balaban J connectivity index is 1.69. The molecule has 2 N–H and O–H groups in total. The largest absolute Gasteiger partial charge is 0.321 e. The highest BCUT2D eigenvalue weighted by Crippen LogP contribution is 2.45. The van der Waals surface area contributed by atoms with Crippen LogP contribution in [0.25, 0.3) is 0 Å². The quantitative estimate of drug-likeness (QED) is 0.657. The number of nitriles is 1. The first-order chi connectivity index (χ1) is 14.0. The minimum Gasteiger partial charge on any atom is -0.321 e. The van der Waals surface area contributed by atoms with Gasteiger partial charge in [-0.1, -0.05) is 12.1 Å². The molecule has 29 heavy (non-hydrogen) atoms. The number of nitrogens with zero attached hydrogens (tertiary/aromatic N) is 1. The van der Waals surface area contributed by atoms with Crippen molar-refractivity contribution in [2.75, 3.05) is 10.6 Å². The predicted octanol–water partition coefficient (Wildman–Crippen LogP) is 4.79. The van der Waals surface area contributed by atoms with Gasteiger partial charge in [-0.2, -0.15) is 5.26 Å². The van der Waals surface area contributed by atoms with Crippen molar-refractivity contribution >= 4 is 33.8 Å². The minimum absolute atomic E-state index is 0.112. The molecule has 0 fully saturated rings. The molecular formula is C22H16FN3O2S. The number of rotatable bonds is 3. The van der Waals surface area contributed by atoms with Crippen molar-refractivity contribution in [3.8, 4) is 6.07 Å². The Morgan fingerprint density at radius 3 is 2.55 bits per heavy atom. The maximum absolute atomic E-state index is 13.1. The average molecular weight is 405 g/mol. The van der Waals surface area contributed by atoms with Gasteiger partial charge in [-0.3, -0.25) is 9.59 Å². The standard InChI is InChI=1S/C22H16FN3O2S/c1-12-19-17(14-4-2-13(11-24)3-5-14)10-18(27)26-22(19)29-20(12)21(28)25-16-8-6-15(23)7-9-16/h2-9,17H,10H2,1H3,(H,25,28)(H,26,27)/t17-/m0/s1. The molecular weight excluding hydrogens is 389 g/mol. The number of nitrogens with one attached hydrogen (secondary N) is 2. The van der Waals surface area contributed by atoms with Crippen molar-refractivity contribution < 1.29 is 14.0 Å². The van der Waals surface area contributed by atoms with E-state index in [1.54, 1.807) is 12.1 Å². The number of fused-ring (bicyclic) bond motifs is 1. The molecule has 144 valence electrons. The van der Waals surface area contributed by atoms with E-state index in [4.69, 9.17) is 5.26 Å². The fraction of sp³-hybridized carbons (Fsp3) is 0.136. The van der Waals surface area contributed by atoms with Crippen LogP contribution in [-0.2, 0) is 4.79 Å². The van der Waals surface area contributed by atoms with E-state index in [1.165, 1.54) is 35.6 Å². The van der Waals surface area contributed by atoms with Crippen molar-refractivity contribution in [1.29, 1.82) is 5.26 Å². The molecule has 3 aromatic rings. The van der Waals surface area contributed by atoms with Gasteiger partial charge in [0.15, 0.2) is 0 Å². The number of benzene rings is 2. The summed E-state index contributed by atoms with van der Waals surface area (Å²) in [5, 5.41) is 15.3. The van der Waals surface area contributed by atoms with Crippen LogP contribution >= 0.6 is 11.3 Å². The topological polar surface area (TPSA) is 82.0 Å². The normalized spacial score (nSPS) is 15.2. The third kappa shape index (κ3) is 3.62. The van der Waals surface area contributed by atoms with Gasteiger partial charge in [-0.15, -0.1) is 11.3 Å². The van der Waals surface area contributed by atoms with Crippen LogP contribution in [0.2, 0.25) is 0 Å². The number of thiophene rings is 1. The van der Waals surface area contributed by atoms with Crippen LogP contribution in [0.4, 0.5) is 15.1 Å². The molecule has 0 spiro atoms. The number of anilines is 2. The second-order valence-corrected chi connectivity index (χ2v) is 7.82. The Morgan fingerprint density at radius 2 is 1.90 bits per heavy atom. The van der Waals surface area contributed by atoms with Gasteiger partial charge in [0, 0.05) is 18.0 Å². The number of hydrogen-bond donors (Lipinski definition) is 2. The number of carbonyl (C=O) groups excluding carboxylic acids is 2. The molecule has 1 aromatic heterocycles. The van der Waals surface area contributed by atoms with Crippen molar-refractivity contribution in [2.24, 2.45) is 0 Å². The first kappa shape index (κ1) is 18.8. The molecule has 2 amide bonds. The van der Waals surface area contributed by atoms with Crippen molar-refractivity contribution in [3.63, 3.8) is 0 Å². The highest BCUT2D eigenvalue weighted by Gasteiger charge is 2.32. The fourth-order valence-electron chi connectivity index (χ4n) is 3.52. The summed E-state index contributed by atoms with van der Waals surface area (Å²) in [6.07, 6.45) is 0.273. The van der Waals surface area contributed by atoms with Crippen LogP contribution in [0.3, 0.4) is 0 Å². The van der Waals surface area contributed by atoms with Crippen LogP contribution in [0.5, 0.6) is 0 Å². The summed E-state index contributed by atoms with van der Waals surface area (Å²) in [6, 6.07) is 14.8. The summed E-state index contributed by atoms with van der Waals surface area (Å²) in [7, 11) is 0. The molecule has 2 aromatic carbocycles. The molecule has 7 heteroatoms. The van der Waals surface area contributed by atoms with Crippen LogP contribution in [0.15, 0.2) is 48.5 Å². The van der Waals surface area contributed by atoms with Gasteiger partial charge in [-0.05, 0) is 60.0 Å². The van der Waals surface area contributed by atoms with Gasteiger partial charge in [-0.25, -0.2) is 4.39 Å². The summed E-state index contributed by atoms with van der Waals surface area (Å²) in [5.74, 6) is -0.978. The van der Waals surface area contributed by atoms with Gasteiger partial charge in [0.25, 0.3) is 5.91 Å². The first-order valence-corrected chi connectivity index (χ1v) is 9.78. The van der Waals surface area contributed by atoms with E-state index >= 15 is 0 Å². The Bertz CT molecular complexity index is 1140. The Morgan fingerprint density at radius 1 is 1.21 bits per heavy atom. The number of amides is 2. The number of hydrogen-bond acceptors (Lipinski definition) is 4. The molecule has 0 bridgehead atoms. The molecule has 0 saturated heterocycles. The lowest BCUT2D eigenvalue weighted by Crippen LogP contribution is -2.22.